The molecule has 0 radical (unpaired) electrons. The Morgan fingerprint density at radius 2 is 2.10 bits per heavy atom. The lowest BCUT2D eigenvalue weighted by molar-refractivity contribution is 0.0270. The minimum atomic E-state index is 0.656. The molecule has 0 aliphatic carbocycles. The third kappa shape index (κ3) is 2.81. The number of hydrogen-bond donors (Lipinski definition) is 0. The topological polar surface area (TPSA) is 64.0 Å². The molecule has 3 rings (SSSR count). The molecule has 104 valence electrons. The molecule has 3 heterocycles. The molecule has 0 aromatic carbocycles. The van der Waals surface area contributed by atoms with E-state index in [2.05, 4.69) is 24.8 Å². The number of ether oxygens (including phenoxy) is 1. The lowest BCUT2D eigenvalue weighted by Crippen LogP contribution is -2.33. The molecule has 0 unspecified atom stereocenters. The van der Waals surface area contributed by atoms with Crippen molar-refractivity contribution < 1.29 is 4.74 Å². The summed E-state index contributed by atoms with van der Waals surface area (Å²) in [6, 6.07) is 0. The van der Waals surface area contributed by atoms with E-state index in [0.717, 1.165) is 37.4 Å². The quantitative estimate of drug-likeness (QED) is 0.835. The average Bonchev–Trinajstić information content (AvgIpc) is 2.53. The van der Waals surface area contributed by atoms with Crippen molar-refractivity contribution >= 4 is 0 Å². The minimum Gasteiger partial charge on any atom is -0.366 e. The lowest BCUT2D eigenvalue weighted by atomic mass is 10.1. The van der Waals surface area contributed by atoms with Crippen molar-refractivity contribution in [1.82, 2.24) is 24.8 Å². The SMILES string of the molecule is CCOCN1CCc2cnc(-c3cncnc3)nc2C1. The van der Waals surface area contributed by atoms with E-state index in [-0.39, 0.29) is 0 Å². The molecule has 1 aliphatic rings. The molecule has 0 spiro atoms. The molecule has 6 nitrogen and oxygen atoms in total. The molecule has 20 heavy (non-hydrogen) atoms. The van der Waals surface area contributed by atoms with Gasteiger partial charge in [0, 0.05) is 38.3 Å². The molecule has 0 fully saturated rings. The first-order valence-electron chi connectivity index (χ1n) is 6.77. The zero-order valence-corrected chi connectivity index (χ0v) is 11.5. The monoisotopic (exact) mass is 271 g/mol. The molecular weight excluding hydrogens is 254 g/mol. The summed E-state index contributed by atoms with van der Waals surface area (Å²) in [5.74, 6) is 0.683. The summed E-state index contributed by atoms with van der Waals surface area (Å²) in [7, 11) is 0. The van der Waals surface area contributed by atoms with Crippen LogP contribution in [-0.2, 0) is 17.7 Å². The largest absolute Gasteiger partial charge is 0.366 e. The summed E-state index contributed by atoms with van der Waals surface area (Å²) in [6.07, 6.45) is 7.85. The summed E-state index contributed by atoms with van der Waals surface area (Å²) < 4.78 is 5.47. The van der Waals surface area contributed by atoms with Crippen LogP contribution in [0.1, 0.15) is 18.2 Å². The van der Waals surface area contributed by atoms with Crippen molar-refractivity contribution in [1.29, 1.82) is 0 Å². The van der Waals surface area contributed by atoms with Gasteiger partial charge in [-0.05, 0) is 18.9 Å². The number of hydrogen-bond acceptors (Lipinski definition) is 6. The van der Waals surface area contributed by atoms with Gasteiger partial charge in [0.15, 0.2) is 5.82 Å². The average molecular weight is 271 g/mol. The van der Waals surface area contributed by atoms with Gasteiger partial charge in [-0.25, -0.2) is 19.9 Å². The van der Waals surface area contributed by atoms with Crippen molar-refractivity contribution in [3.63, 3.8) is 0 Å². The summed E-state index contributed by atoms with van der Waals surface area (Å²) in [6.45, 7) is 5.19. The van der Waals surface area contributed by atoms with Crippen molar-refractivity contribution in [2.24, 2.45) is 0 Å². The van der Waals surface area contributed by atoms with E-state index in [4.69, 9.17) is 4.74 Å². The standard InChI is InChI=1S/C14H17N5O/c1-2-20-10-19-4-3-11-7-17-14(18-13(11)8-19)12-5-15-9-16-6-12/h5-7,9H,2-4,8,10H2,1H3. The highest BCUT2D eigenvalue weighted by molar-refractivity contribution is 5.52. The molecule has 0 bridgehead atoms. The predicted octanol–water partition coefficient (Wildman–Crippen LogP) is 1.29. The zero-order chi connectivity index (χ0) is 13.8. The van der Waals surface area contributed by atoms with E-state index in [1.165, 1.54) is 11.9 Å². The number of aromatic nitrogens is 4. The molecule has 2 aromatic rings. The third-order valence-corrected chi connectivity index (χ3v) is 3.32. The molecule has 1 aliphatic heterocycles. The predicted molar refractivity (Wildman–Crippen MR) is 73.7 cm³/mol. The maximum atomic E-state index is 5.47. The van der Waals surface area contributed by atoms with Gasteiger partial charge >= 0.3 is 0 Å². The van der Waals surface area contributed by atoms with Gasteiger partial charge in [0.1, 0.15) is 6.33 Å². The molecule has 0 atom stereocenters. The van der Waals surface area contributed by atoms with Gasteiger partial charge in [0.2, 0.25) is 0 Å². The van der Waals surface area contributed by atoms with Gasteiger partial charge in [0.05, 0.1) is 18.0 Å². The van der Waals surface area contributed by atoms with Gasteiger partial charge < -0.3 is 4.74 Å². The molecule has 0 amide bonds. The molecule has 0 saturated carbocycles. The Morgan fingerprint density at radius 3 is 2.90 bits per heavy atom. The van der Waals surface area contributed by atoms with Crippen molar-refractivity contribution in [2.75, 3.05) is 19.9 Å². The number of nitrogens with zero attached hydrogens (tertiary/aromatic N) is 5. The maximum Gasteiger partial charge on any atom is 0.162 e. The highest BCUT2D eigenvalue weighted by Gasteiger charge is 2.18. The minimum absolute atomic E-state index is 0.656. The van der Waals surface area contributed by atoms with Crippen LogP contribution in [0.4, 0.5) is 0 Å². The molecule has 0 N–H and O–H groups in total. The van der Waals surface area contributed by atoms with Crippen molar-refractivity contribution in [2.45, 2.75) is 19.9 Å². The van der Waals surface area contributed by atoms with Crippen LogP contribution in [-0.4, -0.2) is 44.7 Å². The Bertz CT molecular complexity index is 575. The van der Waals surface area contributed by atoms with Crippen LogP contribution >= 0.6 is 0 Å². The molecule has 0 saturated heterocycles. The Kier molecular flexibility index (Phi) is 3.94. The van der Waals surface area contributed by atoms with Crippen molar-refractivity contribution in [3.05, 3.63) is 36.2 Å². The lowest BCUT2D eigenvalue weighted by Gasteiger charge is -2.27. The number of rotatable bonds is 4. The summed E-state index contributed by atoms with van der Waals surface area (Å²) in [4.78, 5) is 19.3. The van der Waals surface area contributed by atoms with E-state index < -0.39 is 0 Å². The second-order valence-electron chi connectivity index (χ2n) is 4.72. The van der Waals surface area contributed by atoms with E-state index >= 15 is 0 Å². The third-order valence-electron chi connectivity index (χ3n) is 3.32. The highest BCUT2D eigenvalue weighted by Crippen LogP contribution is 2.19. The van der Waals surface area contributed by atoms with Gasteiger partial charge in [-0.3, -0.25) is 4.90 Å². The Morgan fingerprint density at radius 1 is 1.25 bits per heavy atom. The second-order valence-corrected chi connectivity index (χ2v) is 4.72. The van der Waals surface area contributed by atoms with Crippen LogP contribution in [0.3, 0.4) is 0 Å². The second kappa shape index (κ2) is 6.02. The van der Waals surface area contributed by atoms with E-state index in [1.54, 1.807) is 12.4 Å². The van der Waals surface area contributed by atoms with Crippen LogP contribution in [0.5, 0.6) is 0 Å². The normalized spacial score (nSPS) is 15.1. The first-order chi connectivity index (χ1) is 9.86. The Balaban J connectivity index is 1.82. The highest BCUT2D eigenvalue weighted by atomic mass is 16.5. The fourth-order valence-electron chi connectivity index (χ4n) is 2.24. The van der Waals surface area contributed by atoms with Crippen LogP contribution in [0, 0.1) is 0 Å². The van der Waals surface area contributed by atoms with Gasteiger partial charge in [-0.2, -0.15) is 0 Å². The smallest absolute Gasteiger partial charge is 0.162 e. The van der Waals surface area contributed by atoms with Crippen LogP contribution in [0.25, 0.3) is 11.4 Å². The molecule has 2 aromatic heterocycles. The fraction of sp³-hybridized carbons (Fsp3) is 0.429. The first kappa shape index (κ1) is 13.1. The summed E-state index contributed by atoms with van der Waals surface area (Å²) in [5.41, 5.74) is 3.14. The van der Waals surface area contributed by atoms with Gasteiger partial charge in [0.25, 0.3) is 0 Å². The number of fused-ring (bicyclic) bond motifs is 1. The van der Waals surface area contributed by atoms with Gasteiger partial charge in [-0.15, -0.1) is 0 Å². The Labute approximate surface area is 117 Å². The zero-order valence-electron chi connectivity index (χ0n) is 11.5. The molecule has 6 heteroatoms. The maximum absolute atomic E-state index is 5.47. The summed E-state index contributed by atoms with van der Waals surface area (Å²) >= 11 is 0. The first-order valence-corrected chi connectivity index (χ1v) is 6.77. The van der Waals surface area contributed by atoms with Gasteiger partial charge in [-0.1, -0.05) is 0 Å². The van der Waals surface area contributed by atoms with Crippen LogP contribution < -0.4 is 0 Å². The van der Waals surface area contributed by atoms with Crippen LogP contribution in [0.15, 0.2) is 24.9 Å². The van der Waals surface area contributed by atoms with Crippen molar-refractivity contribution in [3.8, 4) is 11.4 Å². The van der Waals surface area contributed by atoms with E-state index in [9.17, 15) is 0 Å². The van der Waals surface area contributed by atoms with E-state index in [0.29, 0.717) is 12.6 Å². The molecular formula is C14H17N5O. The van der Waals surface area contributed by atoms with Crippen LogP contribution in [0.2, 0.25) is 0 Å². The Hall–Kier alpha value is -1.92. The fourth-order valence-corrected chi connectivity index (χ4v) is 2.24. The van der Waals surface area contributed by atoms with E-state index in [1.807, 2.05) is 13.1 Å². The summed E-state index contributed by atoms with van der Waals surface area (Å²) in [5, 5.41) is 0.